The number of aromatic nitrogens is 2. The number of rotatable bonds is 6. The number of carbonyl (C=O) groups excluding carboxylic acids is 1. The van der Waals surface area contributed by atoms with Gasteiger partial charge in [0, 0.05) is 19.1 Å². The summed E-state index contributed by atoms with van der Waals surface area (Å²) in [5.41, 5.74) is 6.15. The van der Waals surface area contributed by atoms with Crippen LogP contribution in [-0.4, -0.2) is 53.1 Å². The summed E-state index contributed by atoms with van der Waals surface area (Å²) in [6.45, 7) is 6.54. The maximum absolute atomic E-state index is 10.9. The van der Waals surface area contributed by atoms with E-state index in [2.05, 4.69) is 20.2 Å². The fourth-order valence-electron chi connectivity index (χ4n) is 2.51. The van der Waals surface area contributed by atoms with Crippen LogP contribution in [0.1, 0.15) is 25.3 Å². The summed E-state index contributed by atoms with van der Waals surface area (Å²) in [5.74, 6) is 1.18. The van der Waals surface area contributed by atoms with Crippen molar-refractivity contribution in [1.29, 1.82) is 0 Å². The van der Waals surface area contributed by atoms with Gasteiger partial charge in [0.25, 0.3) is 0 Å². The molecular weight excluding hydrogens is 270 g/mol. The summed E-state index contributed by atoms with van der Waals surface area (Å²) in [6, 6.07) is 0.345. The molecule has 1 aliphatic heterocycles. The van der Waals surface area contributed by atoms with Crippen LogP contribution >= 0.6 is 0 Å². The van der Waals surface area contributed by atoms with Gasteiger partial charge >= 0.3 is 0 Å². The zero-order valence-corrected chi connectivity index (χ0v) is 12.6. The summed E-state index contributed by atoms with van der Waals surface area (Å²) >= 11 is 0. The van der Waals surface area contributed by atoms with E-state index >= 15 is 0 Å². The Labute approximate surface area is 124 Å². The van der Waals surface area contributed by atoms with Gasteiger partial charge in [-0.2, -0.15) is 0 Å². The van der Waals surface area contributed by atoms with Crippen LogP contribution in [0, 0.1) is 6.92 Å². The number of likely N-dealkylation sites (tertiary alicyclic amines) is 1. The third kappa shape index (κ3) is 4.29. The van der Waals surface area contributed by atoms with E-state index in [9.17, 15) is 4.79 Å². The largest absolute Gasteiger partial charge is 0.478 e. The van der Waals surface area contributed by atoms with E-state index < -0.39 is 0 Å². The highest BCUT2D eigenvalue weighted by molar-refractivity contribution is 5.75. The van der Waals surface area contributed by atoms with Crippen LogP contribution in [-0.2, 0) is 4.79 Å². The molecule has 2 rings (SSSR count). The summed E-state index contributed by atoms with van der Waals surface area (Å²) in [6.07, 6.45) is 3.43. The Morgan fingerprint density at radius 2 is 2.19 bits per heavy atom. The van der Waals surface area contributed by atoms with Crippen molar-refractivity contribution in [2.45, 2.75) is 32.7 Å². The molecule has 0 radical (unpaired) electrons. The van der Waals surface area contributed by atoms with Gasteiger partial charge in [-0.1, -0.05) is 0 Å². The van der Waals surface area contributed by atoms with E-state index in [-0.39, 0.29) is 5.91 Å². The highest BCUT2D eigenvalue weighted by atomic mass is 16.5. The Kier molecular flexibility index (Phi) is 5.32. The monoisotopic (exact) mass is 293 g/mol. The van der Waals surface area contributed by atoms with Crippen LogP contribution in [0.15, 0.2) is 6.33 Å². The van der Waals surface area contributed by atoms with Gasteiger partial charge in [-0.3, -0.25) is 9.69 Å². The lowest BCUT2D eigenvalue weighted by Gasteiger charge is -2.32. The molecule has 7 nitrogen and oxygen atoms in total. The van der Waals surface area contributed by atoms with E-state index in [1.165, 1.54) is 6.33 Å². The molecule has 0 spiro atoms. The molecule has 1 saturated heterocycles. The lowest BCUT2D eigenvalue weighted by atomic mass is 10.0. The number of anilines is 1. The van der Waals surface area contributed by atoms with Crippen molar-refractivity contribution in [1.82, 2.24) is 14.9 Å². The highest BCUT2D eigenvalue weighted by Crippen LogP contribution is 2.23. The number of nitrogens with one attached hydrogen (secondary N) is 1. The quantitative estimate of drug-likeness (QED) is 0.795. The standard InChI is InChI=1S/C14H23N5O2/c1-3-21-14-10(2)13(16-9-17-14)18-11-4-6-19(7-5-11)8-12(15)20/h9,11H,3-8H2,1-2H3,(H2,15,20)(H,16,17,18). The SMILES string of the molecule is CCOc1ncnc(NC2CCN(CC(N)=O)CC2)c1C. The van der Waals surface area contributed by atoms with Crippen molar-refractivity contribution in [3.63, 3.8) is 0 Å². The molecule has 1 aromatic rings. The van der Waals surface area contributed by atoms with Gasteiger partial charge in [0.05, 0.1) is 18.7 Å². The zero-order valence-electron chi connectivity index (χ0n) is 12.6. The number of hydrogen-bond donors (Lipinski definition) is 2. The molecule has 0 aliphatic carbocycles. The molecule has 0 saturated carbocycles. The Morgan fingerprint density at radius 1 is 1.48 bits per heavy atom. The number of carbonyl (C=O) groups is 1. The first-order valence-corrected chi connectivity index (χ1v) is 7.31. The zero-order chi connectivity index (χ0) is 15.2. The number of hydrogen-bond acceptors (Lipinski definition) is 6. The lowest BCUT2D eigenvalue weighted by molar-refractivity contribution is -0.119. The van der Waals surface area contributed by atoms with E-state index in [1.54, 1.807) is 0 Å². The molecule has 0 unspecified atom stereocenters. The fourth-order valence-corrected chi connectivity index (χ4v) is 2.51. The molecule has 116 valence electrons. The molecule has 1 aromatic heterocycles. The van der Waals surface area contributed by atoms with Crippen LogP contribution in [0.25, 0.3) is 0 Å². The minimum absolute atomic E-state index is 0.269. The topological polar surface area (TPSA) is 93.4 Å². The molecule has 1 fully saturated rings. The Balaban J connectivity index is 1.91. The van der Waals surface area contributed by atoms with Gasteiger partial charge in [0.1, 0.15) is 12.1 Å². The van der Waals surface area contributed by atoms with Crippen LogP contribution in [0.4, 0.5) is 5.82 Å². The molecule has 0 aromatic carbocycles. The van der Waals surface area contributed by atoms with Crippen molar-refractivity contribution in [2.75, 3.05) is 31.6 Å². The van der Waals surface area contributed by atoms with Crippen molar-refractivity contribution in [3.05, 3.63) is 11.9 Å². The molecule has 21 heavy (non-hydrogen) atoms. The van der Waals surface area contributed by atoms with Gasteiger partial charge in [0.15, 0.2) is 0 Å². The normalized spacial score (nSPS) is 16.7. The van der Waals surface area contributed by atoms with Crippen LogP contribution in [0.5, 0.6) is 5.88 Å². The lowest BCUT2D eigenvalue weighted by Crippen LogP contribution is -2.43. The van der Waals surface area contributed by atoms with E-state index in [4.69, 9.17) is 10.5 Å². The highest BCUT2D eigenvalue weighted by Gasteiger charge is 2.21. The number of amides is 1. The second-order valence-electron chi connectivity index (χ2n) is 5.25. The fraction of sp³-hybridized carbons (Fsp3) is 0.643. The minimum Gasteiger partial charge on any atom is -0.478 e. The van der Waals surface area contributed by atoms with Crippen LogP contribution in [0.2, 0.25) is 0 Å². The third-order valence-electron chi connectivity index (χ3n) is 3.63. The summed E-state index contributed by atoms with van der Waals surface area (Å²) in [4.78, 5) is 21.4. The molecule has 1 aliphatic rings. The van der Waals surface area contributed by atoms with E-state index in [1.807, 2.05) is 13.8 Å². The first kappa shape index (κ1) is 15.5. The summed E-state index contributed by atoms with van der Waals surface area (Å²) in [7, 11) is 0. The van der Waals surface area contributed by atoms with E-state index in [0.29, 0.717) is 25.1 Å². The molecule has 7 heteroatoms. The predicted molar refractivity (Wildman–Crippen MR) is 80.2 cm³/mol. The molecule has 3 N–H and O–H groups in total. The maximum Gasteiger partial charge on any atom is 0.231 e. The Bertz CT molecular complexity index is 486. The van der Waals surface area contributed by atoms with Gasteiger partial charge in [-0.05, 0) is 26.7 Å². The van der Waals surface area contributed by atoms with Crippen molar-refractivity contribution < 1.29 is 9.53 Å². The first-order valence-electron chi connectivity index (χ1n) is 7.31. The van der Waals surface area contributed by atoms with Crippen molar-refractivity contribution in [3.8, 4) is 5.88 Å². The minimum atomic E-state index is -0.269. The van der Waals surface area contributed by atoms with Crippen LogP contribution < -0.4 is 15.8 Å². The third-order valence-corrected chi connectivity index (χ3v) is 3.63. The number of piperidine rings is 1. The first-order chi connectivity index (χ1) is 10.1. The van der Waals surface area contributed by atoms with Gasteiger partial charge in [-0.25, -0.2) is 9.97 Å². The second-order valence-corrected chi connectivity index (χ2v) is 5.25. The van der Waals surface area contributed by atoms with Gasteiger partial charge in [-0.15, -0.1) is 0 Å². The van der Waals surface area contributed by atoms with Crippen molar-refractivity contribution >= 4 is 11.7 Å². The van der Waals surface area contributed by atoms with Gasteiger partial charge < -0.3 is 15.8 Å². The molecule has 1 amide bonds. The molecule has 0 atom stereocenters. The number of nitrogens with two attached hydrogens (primary N) is 1. The Morgan fingerprint density at radius 3 is 2.81 bits per heavy atom. The summed E-state index contributed by atoms with van der Waals surface area (Å²) < 4.78 is 5.48. The molecule has 0 bridgehead atoms. The van der Waals surface area contributed by atoms with Crippen molar-refractivity contribution in [2.24, 2.45) is 5.73 Å². The molecular formula is C14H23N5O2. The van der Waals surface area contributed by atoms with Gasteiger partial charge in [0.2, 0.25) is 11.8 Å². The number of nitrogens with zero attached hydrogens (tertiary/aromatic N) is 3. The second kappa shape index (κ2) is 7.21. The predicted octanol–water partition coefficient (Wildman–Crippen LogP) is 0.545. The average molecular weight is 293 g/mol. The maximum atomic E-state index is 10.9. The smallest absolute Gasteiger partial charge is 0.231 e. The average Bonchev–Trinajstić information content (AvgIpc) is 2.45. The number of ether oxygens (including phenoxy) is 1. The number of primary amides is 1. The summed E-state index contributed by atoms with van der Waals surface area (Å²) in [5, 5.41) is 3.45. The van der Waals surface area contributed by atoms with E-state index in [0.717, 1.165) is 37.3 Å². The molecule has 2 heterocycles. The van der Waals surface area contributed by atoms with Crippen LogP contribution in [0.3, 0.4) is 0 Å². The Hall–Kier alpha value is -1.89.